The number of ether oxygens (including phenoxy) is 1. The third-order valence-corrected chi connectivity index (χ3v) is 4.07. The Hall–Kier alpha value is -1.74. The molecular formula is C18H23NO2. The van der Waals surface area contributed by atoms with Crippen LogP contribution in [-0.2, 0) is 6.42 Å². The Balaban J connectivity index is 2.07. The lowest BCUT2D eigenvalue weighted by atomic mass is 9.93. The first-order valence-electron chi connectivity index (χ1n) is 7.75. The lowest BCUT2D eigenvalue weighted by molar-refractivity contribution is 0.283. The highest BCUT2D eigenvalue weighted by atomic mass is 16.5. The fourth-order valence-corrected chi connectivity index (χ4v) is 3.17. The van der Waals surface area contributed by atoms with Crippen LogP contribution in [0.5, 0.6) is 5.75 Å². The van der Waals surface area contributed by atoms with Crippen LogP contribution in [-0.4, -0.2) is 13.2 Å². The Kier molecular flexibility index (Phi) is 4.02. The normalized spacial score (nSPS) is 15.4. The van der Waals surface area contributed by atoms with Crippen molar-refractivity contribution in [3.63, 3.8) is 0 Å². The van der Waals surface area contributed by atoms with Gasteiger partial charge < -0.3 is 14.5 Å². The van der Waals surface area contributed by atoms with Crippen LogP contribution in [0.3, 0.4) is 0 Å². The molecule has 1 aliphatic rings. The fourth-order valence-electron chi connectivity index (χ4n) is 3.17. The number of nitrogens with one attached hydrogen (secondary N) is 1. The highest BCUT2D eigenvalue weighted by molar-refractivity contribution is 5.48. The highest BCUT2D eigenvalue weighted by Gasteiger charge is 2.24. The number of para-hydroxylation sites is 1. The number of furan rings is 1. The molecule has 3 rings (SSSR count). The maximum absolute atomic E-state index is 5.98. The lowest BCUT2D eigenvalue weighted by Crippen LogP contribution is -2.24. The molecule has 1 unspecified atom stereocenters. The monoisotopic (exact) mass is 285 g/mol. The zero-order valence-corrected chi connectivity index (χ0v) is 13.0. The van der Waals surface area contributed by atoms with Gasteiger partial charge in [-0.3, -0.25) is 0 Å². The Morgan fingerprint density at radius 1 is 1.24 bits per heavy atom. The van der Waals surface area contributed by atoms with Crippen molar-refractivity contribution in [2.24, 2.45) is 0 Å². The minimum Gasteiger partial charge on any atom is -0.493 e. The van der Waals surface area contributed by atoms with Gasteiger partial charge in [-0.2, -0.15) is 0 Å². The Bertz CT molecular complexity index is 630. The SMILES string of the molecule is CCNC(c1cc(C)oc1C)c1cccc2c1OCCC2. The summed E-state index contributed by atoms with van der Waals surface area (Å²) in [7, 11) is 0. The van der Waals surface area contributed by atoms with E-state index < -0.39 is 0 Å². The predicted molar refractivity (Wildman–Crippen MR) is 84.0 cm³/mol. The van der Waals surface area contributed by atoms with E-state index in [1.54, 1.807) is 0 Å². The zero-order chi connectivity index (χ0) is 14.8. The van der Waals surface area contributed by atoms with E-state index >= 15 is 0 Å². The molecule has 1 aliphatic heterocycles. The van der Waals surface area contributed by atoms with Gasteiger partial charge in [0.25, 0.3) is 0 Å². The van der Waals surface area contributed by atoms with E-state index in [-0.39, 0.29) is 6.04 Å². The Morgan fingerprint density at radius 3 is 2.81 bits per heavy atom. The summed E-state index contributed by atoms with van der Waals surface area (Å²) in [6, 6.07) is 8.73. The number of rotatable bonds is 4. The molecule has 1 atom stereocenters. The highest BCUT2D eigenvalue weighted by Crippen LogP contribution is 2.37. The average Bonchev–Trinajstić information content (AvgIpc) is 2.83. The Morgan fingerprint density at radius 2 is 2.10 bits per heavy atom. The van der Waals surface area contributed by atoms with Gasteiger partial charge in [0, 0.05) is 11.1 Å². The minimum atomic E-state index is 0.125. The third-order valence-electron chi connectivity index (χ3n) is 4.07. The van der Waals surface area contributed by atoms with Crippen LogP contribution in [0.2, 0.25) is 0 Å². The van der Waals surface area contributed by atoms with Gasteiger partial charge in [0.1, 0.15) is 17.3 Å². The fraction of sp³-hybridized carbons (Fsp3) is 0.444. The molecule has 0 aliphatic carbocycles. The van der Waals surface area contributed by atoms with E-state index in [9.17, 15) is 0 Å². The van der Waals surface area contributed by atoms with Crippen LogP contribution >= 0.6 is 0 Å². The van der Waals surface area contributed by atoms with Crippen molar-refractivity contribution in [2.75, 3.05) is 13.2 Å². The molecule has 0 amide bonds. The van der Waals surface area contributed by atoms with Gasteiger partial charge in [0.15, 0.2) is 0 Å². The van der Waals surface area contributed by atoms with Crippen LogP contribution < -0.4 is 10.1 Å². The second-order valence-electron chi connectivity index (χ2n) is 5.65. The topological polar surface area (TPSA) is 34.4 Å². The van der Waals surface area contributed by atoms with Crippen LogP contribution in [0.4, 0.5) is 0 Å². The summed E-state index contributed by atoms with van der Waals surface area (Å²) in [6.07, 6.45) is 2.21. The number of fused-ring (bicyclic) bond motifs is 1. The summed E-state index contributed by atoms with van der Waals surface area (Å²) >= 11 is 0. The number of benzene rings is 1. The quantitative estimate of drug-likeness (QED) is 0.924. The van der Waals surface area contributed by atoms with Gasteiger partial charge in [-0.05, 0) is 44.9 Å². The number of aryl methyl sites for hydroxylation is 3. The second-order valence-corrected chi connectivity index (χ2v) is 5.65. The minimum absolute atomic E-state index is 0.125. The van der Waals surface area contributed by atoms with Gasteiger partial charge in [-0.25, -0.2) is 0 Å². The van der Waals surface area contributed by atoms with Crippen LogP contribution in [0.15, 0.2) is 28.7 Å². The van der Waals surface area contributed by atoms with E-state index in [0.29, 0.717) is 0 Å². The first-order chi connectivity index (χ1) is 10.2. The standard InChI is InChI=1S/C18H23NO2/c1-4-19-17(16-11-12(2)21-13(16)3)15-9-5-7-14-8-6-10-20-18(14)15/h5,7,9,11,17,19H,4,6,8,10H2,1-3H3. The van der Waals surface area contributed by atoms with Crippen molar-refractivity contribution >= 4 is 0 Å². The van der Waals surface area contributed by atoms with E-state index in [0.717, 1.165) is 43.3 Å². The molecule has 112 valence electrons. The van der Waals surface area contributed by atoms with E-state index in [1.807, 2.05) is 13.8 Å². The average molecular weight is 285 g/mol. The molecule has 3 nitrogen and oxygen atoms in total. The summed E-state index contributed by atoms with van der Waals surface area (Å²) in [6.45, 7) is 7.87. The van der Waals surface area contributed by atoms with E-state index in [2.05, 4.69) is 36.5 Å². The predicted octanol–water partition coefficient (Wildman–Crippen LogP) is 3.92. The van der Waals surface area contributed by atoms with Crippen molar-refractivity contribution < 1.29 is 9.15 Å². The molecule has 3 heteroatoms. The summed E-state index contributed by atoms with van der Waals surface area (Å²) in [5.74, 6) is 3.00. The molecule has 1 aromatic heterocycles. The van der Waals surface area contributed by atoms with Gasteiger partial charge >= 0.3 is 0 Å². The summed E-state index contributed by atoms with van der Waals surface area (Å²) in [5, 5.41) is 3.58. The third kappa shape index (κ3) is 2.70. The van der Waals surface area contributed by atoms with Crippen LogP contribution in [0.25, 0.3) is 0 Å². The second kappa shape index (κ2) is 5.94. The first-order valence-corrected chi connectivity index (χ1v) is 7.75. The van der Waals surface area contributed by atoms with Crippen molar-refractivity contribution in [1.82, 2.24) is 5.32 Å². The maximum atomic E-state index is 5.98. The lowest BCUT2D eigenvalue weighted by Gasteiger charge is -2.25. The largest absolute Gasteiger partial charge is 0.493 e. The first kappa shape index (κ1) is 14.2. The number of hydrogen-bond acceptors (Lipinski definition) is 3. The molecule has 2 aromatic rings. The number of hydrogen-bond donors (Lipinski definition) is 1. The zero-order valence-electron chi connectivity index (χ0n) is 13.0. The van der Waals surface area contributed by atoms with Crippen molar-refractivity contribution in [3.05, 3.63) is 52.5 Å². The molecule has 0 bridgehead atoms. The van der Waals surface area contributed by atoms with Gasteiger partial charge in [0.2, 0.25) is 0 Å². The molecule has 21 heavy (non-hydrogen) atoms. The van der Waals surface area contributed by atoms with E-state index in [4.69, 9.17) is 9.15 Å². The molecule has 0 spiro atoms. The van der Waals surface area contributed by atoms with Crippen molar-refractivity contribution in [2.45, 2.75) is 39.7 Å². The summed E-state index contributed by atoms with van der Waals surface area (Å²) in [5.41, 5.74) is 3.74. The molecular weight excluding hydrogens is 262 g/mol. The van der Waals surface area contributed by atoms with Crippen LogP contribution in [0, 0.1) is 13.8 Å². The summed E-state index contributed by atoms with van der Waals surface area (Å²) < 4.78 is 11.7. The molecule has 0 saturated heterocycles. The van der Waals surface area contributed by atoms with Gasteiger partial charge in [0.05, 0.1) is 12.6 Å². The molecule has 1 N–H and O–H groups in total. The van der Waals surface area contributed by atoms with E-state index in [1.165, 1.54) is 16.7 Å². The molecule has 0 fully saturated rings. The maximum Gasteiger partial charge on any atom is 0.127 e. The van der Waals surface area contributed by atoms with Crippen LogP contribution in [0.1, 0.15) is 47.6 Å². The van der Waals surface area contributed by atoms with Crippen molar-refractivity contribution in [3.8, 4) is 5.75 Å². The molecule has 1 aromatic carbocycles. The van der Waals surface area contributed by atoms with Gasteiger partial charge in [-0.15, -0.1) is 0 Å². The Labute approximate surface area is 126 Å². The summed E-state index contributed by atoms with van der Waals surface area (Å²) in [4.78, 5) is 0. The van der Waals surface area contributed by atoms with Crippen molar-refractivity contribution in [1.29, 1.82) is 0 Å². The smallest absolute Gasteiger partial charge is 0.127 e. The van der Waals surface area contributed by atoms with Gasteiger partial charge in [-0.1, -0.05) is 25.1 Å². The molecule has 2 heterocycles. The molecule has 0 radical (unpaired) electrons. The molecule has 0 saturated carbocycles.